The van der Waals surface area contributed by atoms with Gasteiger partial charge in [-0.15, -0.1) is 0 Å². The normalized spacial score (nSPS) is 10.5. The van der Waals surface area contributed by atoms with Crippen LogP contribution in [0.15, 0.2) is 18.2 Å². The summed E-state index contributed by atoms with van der Waals surface area (Å²) in [7, 11) is 1.57. The van der Waals surface area contributed by atoms with Crippen molar-refractivity contribution in [1.82, 2.24) is 0 Å². The second-order valence-electron chi connectivity index (χ2n) is 2.69. The molecule has 0 aliphatic heterocycles. The molecule has 1 aromatic heterocycles. The minimum absolute atomic E-state index is 0.277. The molecular weight excluding hydrogens is 186 g/mol. The summed E-state index contributed by atoms with van der Waals surface area (Å²) >= 11 is 1.27. The largest absolute Gasteiger partial charge is 0.499 e. The Labute approximate surface area is 79.4 Å². The Balaban J connectivity index is 2.82. The molecule has 0 aliphatic carbocycles. The van der Waals surface area contributed by atoms with Crippen molar-refractivity contribution >= 4 is 27.1 Å². The lowest BCUT2D eigenvalue weighted by molar-refractivity contribution is 0.422. The first-order valence-electron chi connectivity index (χ1n) is 3.77. The van der Waals surface area contributed by atoms with E-state index >= 15 is 0 Å². The van der Waals surface area contributed by atoms with E-state index in [1.807, 2.05) is 6.07 Å². The van der Waals surface area contributed by atoms with Gasteiger partial charge in [0, 0.05) is 5.39 Å². The first-order valence-corrected chi connectivity index (χ1v) is 4.59. The van der Waals surface area contributed by atoms with Gasteiger partial charge in [-0.25, -0.2) is 0 Å². The Bertz CT molecular complexity index is 450. The van der Waals surface area contributed by atoms with E-state index in [1.54, 1.807) is 19.2 Å². The van der Waals surface area contributed by atoms with Crippen LogP contribution in [0.5, 0.6) is 10.8 Å². The second-order valence-corrected chi connectivity index (χ2v) is 3.72. The number of thiophene rings is 1. The monoisotopic (exact) mass is 195 g/mol. The summed E-state index contributed by atoms with van der Waals surface area (Å²) < 4.78 is 6.03. The van der Waals surface area contributed by atoms with Crippen molar-refractivity contribution in [2.75, 3.05) is 12.8 Å². The molecule has 0 amide bonds. The molecule has 0 unspecified atom stereocenters. The van der Waals surface area contributed by atoms with Crippen LogP contribution in [0.4, 0.5) is 5.69 Å². The van der Waals surface area contributed by atoms with Gasteiger partial charge in [-0.1, -0.05) is 17.4 Å². The van der Waals surface area contributed by atoms with Gasteiger partial charge in [0.15, 0.2) is 10.8 Å². The summed E-state index contributed by atoms with van der Waals surface area (Å²) in [6.45, 7) is 0. The third kappa shape index (κ3) is 1.19. The summed E-state index contributed by atoms with van der Waals surface area (Å²) in [5.41, 5.74) is 6.30. The van der Waals surface area contributed by atoms with E-state index in [2.05, 4.69) is 0 Å². The zero-order chi connectivity index (χ0) is 9.42. The topological polar surface area (TPSA) is 55.5 Å². The highest BCUT2D eigenvalue weighted by Crippen LogP contribution is 2.40. The van der Waals surface area contributed by atoms with E-state index in [4.69, 9.17) is 10.5 Å². The number of hydrogen-bond donors (Lipinski definition) is 2. The number of nitrogen functional groups attached to an aromatic ring is 1. The molecule has 1 heterocycles. The maximum absolute atomic E-state index is 9.29. The first kappa shape index (κ1) is 8.19. The first-order chi connectivity index (χ1) is 6.22. The van der Waals surface area contributed by atoms with E-state index in [-0.39, 0.29) is 5.06 Å². The number of nitrogens with two attached hydrogens (primary N) is 1. The van der Waals surface area contributed by atoms with E-state index in [0.29, 0.717) is 11.4 Å². The maximum Gasteiger partial charge on any atom is 0.172 e. The van der Waals surface area contributed by atoms with Gasteiger partial charge in [-0.05, 0) is 12.1 Å². The molecule has 0 radical (unpaired) electrons. The average molecular weight is 195 g/mol. The molecule has 13 heavy (non-hydrogen) atoms. The minimum Gasteiger partial charge on any atom is -0.499 e. The van der Waals surface area contributed by atoms with Gasteiger partial charge in [0.1, 0.15) is 0 Å². The summed E-state index contributed by atoms with van der Waals surface area (Å²) in [5.74, 6) is 0.641. The molecule has 0 bridgehead atoms. The molecule has 1 aromatic carbocycles. The minimum atomic E-state index is 0.277. The molecule has 0 fully saturated rings. The van der Waals surface area contributed by atoms with Crippen molar-refractivity contribution in [2.45, 2.75) is 0 Å². The number of aromatic hydroxyl groups is 1. The van der Waals surface area contributed by atoms with Crippen LogP contribution in [0.25, 0.3) is 10.1 Å². The highest BCUT2D eigenvalue weighted by Gasteiger charge is 2.08. The molecule has 3 nitrogen and oxygen atoms in total. The van der Waals surface area contributed by atoms with Gasteiger partial charge in [0.2, 0.25) is 0 Å². The lowest BCUT2D eigenvalue weighted by Gasteiger charge is -2.03. The predicted octanol–water partition coefficient (Wildman–Crippen LogP) is 2.20. The van der Waals surface area contributed by atoms with Crippen LogP contribution in [0, 0.1) is 0 Å². The average Bonchev–Trinajstić information content (AvgIpc) is 2.45. The smallest absolute Gasteiger partial charge is 0.172 e. The standard InChI is InChI=1S/C9H9NO2S/c1-12-8-6(10)3-2-5-4-7(11)13-9(5)8/h2-4,11H,10H2,1H3. The molecule has 0 saturated heterocycles. The summed E-state index contributed by atoms with van der Waals surface area (Å²) in [5, 5.41) is 10.5. The van der Waals surface area contributed by atoms with Crippen LogP contribution in [-0.4, -0.2) is 12.2 Å². The van der Waals surface area contributed by atoms with Gasteiger partial charge in [-0.3, -0.25) is 0 Å². The SMILES string of the molecule is COc1c(N)ccc2cc(O)sc12. The van der Waals surface area contributed by atoms with Crippen molar-refractivity contribution in [3.05, 3.63) is 18.2 Å². The Morgan fingerprint density at radius 1 is 1.46 bits per heavy atom. The molecule has 3 N–H and O–H groups in total. The second kappa shape index (κ2) is 2.81. The fourth-order valence-corrected chi connectivity index (χ4v) is 2.22. The molecule has 2 aromatic rings. The molecular formula is C9H9NO2S. The van der Waals surface area contributed by atoms with E-state index in [1.165, 1.54) is 11.3 Å². The van der Waals surface area contributed by atoms with Gasteiger partial charge in [0.25, 0.3) is 0 Å². The number of methoxy groups -OCH3 is 1. The Kier molecular flexibility index (Phi) is 1.77. The van der Waals surface area contributed by atoms with Crippen molar-refractivity contribution in [3.63, 3.8) is 0 Å². The fourth-order valence-electron chi connectivity index (χ4n) is 1.29. The van der Waals surface area contributed by atoms with Crippen LogP contribution in [0.2, 0.25) is 0 Å². The molecule has 0 atom stereocenters. The number of benzene rings is 1. The Morgan fingerprint density at radius 3 is 2.92 bits per heavy atom. The fraction of sp³-hybridized carbons (Fsp3) is 0.111. The van der Waals surface area contributed by atoms with Gasteiger partial charge < -0.3 is 15.6 Å². The van der Waals surface area contributed by atoms with Crippen molar-refractivity contribution < 1.29 is 9.84 Å². The van der Waals surface area contributed by atoms with Crippen molar-refractivity contribution in [3.8, 4) is 10.8 Å². The van der Waals surface area contributed by atoms with Crippen LogP contribution in [0.1, 0.15) is 0 Å². The lowest BCUT2D eigenvalue weighted by atomic mass is 10.2. The zero-order valence-corrected chi connectivity index (χ0v) is 7.89. The van der Waals surface area contributed by atoms with Crippen molar-refractivity contribution in [1.29, 1.82) is 0 Å². The third-order valence-electron chi connectivity index (χ3n) is 1.86. The van der Waals surface area contributed by atoms with Gasteiger partial charge >= 0.3 is 0 Å². The van der Waals surface area contributed by atoms with E-state index in [0.717, 1.165) is 10.1 Å². The number of fused-ring (bicyclic) bond motifs is 1. The summed E-state index contributed by atoms with van der Waals surface area (Å²) in [6, 6.07) is 5.33. The van der Waals surface area contributed by atoms with E-state index in [9.17, 15) is 5.11 Å². The predicted molar refractivity (Wildman–Crippen MR) is 54.5 cm³/mol. The summed E-state index contributed by atoms with van der Waals surface area (Å²) in [4.78, 5) is 0. The highest BCUT2D eigenvalue weighted by atomic mass is 32.1. The Morgan fingerprint density at radius 2 is 2.23 bits per heavy atom. The number of anilines is 1. The lowest BCUT2D eigenvalue weighted by Crippen LogP contribution is -1.91. The van der Waals surface area contributed by atoms with Gasteiger partial charge in [-0.2, -0.15) is 0 Å². The number of rotatable bonds is 1. The van der Waals surface area contributed by atoms with Gasteiger partial charge in [0.05, 0.1) is 17.5 Å². The van der Waals surface area contributed by atoms with E-state index < -0.39 is 0 Å². The summed E-state index contributed by atoms with van der Waals surface area (Å²) in [6.07, 6.45) is 0. The van der Waals surface area contributed by atoms with Crippen LogP contribution < -0.4 is 10.5 Å². The molecule has 0 saturated carbocycles. The third-order valence-corrected chi connectivity index (χ3v) is 2.82. The molecule has 0 aliphatic rings. The van der Waals surface area contributed by atoms with Crippen LogP contribution >= 0.6 is 11.3 Å². The molecule has 4 heteroatoms. The molecule has 2 rings (SSSR count). The van der Waals surface area contributed by atoms with Crippen molar-refractivity contribution in [2.24, 2.45) is 0 Å². The quantitative estimate of drug-likeness (QED) is 0.686. The maximum atomic E-state index is 9.29. The molecule has 0 spiro atoms. The molecule has 68 valence electrons. The number of hydrogen-bond acceptors (Lipinski definition) is 4. The van der Waals surface area contributed by atoms with Crippen LogP contribution in [0.3, 0.4) is 0 Å². The highest BCUT2D eigenvalue weighted by molar-refractivity contribution is 7.21. The van der Waals surface area contributed by atoms with Crippen LogP contribution in [-0.2, 0) is 0 Å². The number of ether oxygens (including phenoxy) is 1. The Hall–Kier alpha value is -1.42. The zero-order valence-electron chi connectivity index (χ0n) is 7.07.